The molecule has 0 aliphatic carbocycles. The zero-order valence-corrected chi connectivity index (χ0v) is 9.88. The van der Waals surface area contributed by atoms with Gasteiger partial charge in [0.1, 0.15) is 0 Å². The molecule has 4 nitrogen and oxygen atoms in total. The van der Waals surface area contributed by atoms with Crippen molar-refractivity contribution in [3.05, 3.63) is 41.5 Å². The molecule has 0 aromatic heterocycles. The number of nitrogens with zero attached hydrogens (tertiary/aromatic N) is 2. The highest BCUT2D eigenvalue weighted by molar-refractivity contribution is 6.45. The number of hydrazine groups is 1. The second-order valence-corrected chi connectivity index (χ2v) is 4.12. The summed E-state index contributed by atoms with van der Waals surface area (Å²) in [4.78, 5) is 23.4. The maximum atomic E-state index is 11.7. The highest BCUT2D eigenvalue weighted by Crippen LogP contribution is 2.17. The van der Waals surface area contributed by atoms with Gasteiger partial charge >= 0.3 is 5.91 Å². The number of hydrogen-bond acceptors (Lipinski definition) is 3. The Morgan fingerprint density at radius 1 is 1.18 bits per heavy atom. The first-order chi connectivity index (χ1) is 8.09. The minimum absolute atomic E-state index is 0.347. The van der Waals surface area contributed by atoms with Gasteiger partial charge in [-0.15, -0.1) is 0 Å². The van der Waals surface area contributed by atoms with Crippen molar-refractivity contribution < 1.29 is 9.59 Å². The Morgan fingerprint density at radius 2 is 1.82 bits per heavy atom. The quantitative estimate of drug-likeness (QED) is 0.561. The average molecular weight is 230 g/mol. The molecule has 0 spiro atoms. The third kappa shape index (κ3) is 2.26. The molecule has 0 N–H and O–H groups in total. The number of rotatable bonds is 2. The lowest BCUT2D eigenvalue weighted by Crippen LogP contribution is -2.39. The van der Waals surface area contributed by atoms with Gasteiger partial charge in [0.15, 0.2) is 0 Å². The summed E-state index contributed by atoms with van der Waals surface area (Å²) in [5.74, 6) is -0.875. The van der Waals surface area contributed by atoms with E-state index in [0.717, 1.165) is 5.56 Å². The van der Waals surface area contributed by atoms with Crippen LogP contribution in [0, 0.1) is 0 Å². The summed E-state index contributed by atoms with van der Waals surface area (Å²) in [5, 5.41) is 3.06. The summed E-state index contributed by atoms with van der Waals surface area (Å²) >= 11 is 0. The summed E-state index contributed by atoms with van der Waals surface area (Å²) in [6, 6.07) is 9.52. The molecule has 88 valence electrons. The Labute approximate surface area is 100 Å². The van der Waals surface area contributed by atoms with Crippen LogP contribution in [0.3, 0.4) is 0 Å². The third-order valence-electron chi connectivity index (χ3n) is 2.66. The van der Waals surface area contributed by atoms with Crippen LogP contribution in [0.15, 0.2) is 35.9 Å². The number of amides is 1. The molecule has 0 saturated carbocycles. The first-order valence-corrected chi connectivity index (χ1v) is 5.38. The molecule has 4 heteroatoms. The standard InChI is InChI=1S/C13H14N2O2/c1-14(2)15-9-11(12(16)13(15)17)8-10-6-4-3-5-7-10/h3-8H,9H2,1-2H3/b11-8+. The molecule has 1 aliphatic rings. The van der Waals surface area contributed by atoms with E-state index in [9.17, 15) is 9.59 Å². The largest absolute Gasteiger partial charge is 0.309 e. The fraction of sp³-hybridized carbons (Fsp3) is 0.231. The summed E-state index contributed by atoms with van der Waals surface area (Å²) in [7, 11) is 3.49. The van der Waals surface area contributed by atoms with Crippen LogP contribution in [-0.2, 0) is 9.59 Å². The molecule has 0 bridgehead atoms. The van der Waals surface area contributed by atoms with E-state index in [4.69, 9.17) is 0 Å². The molecule has 1 saturated heterocycles. The van der Waals surface area contributed by atoms with E-state index in [1.807, 2.05) is 30.3 Å². The highest BCUT2D eigenvalue weighted by Gasteiger charge is 2.35. The average Bonchev–Trinajstić information content (AvgIpc) is 2.59. The smallest absolute Gasteiger partial charge is 0.283 e. The predicted molar refractivity (Wildman–Crippen MR) is 64.8 cm³/mol. The third-order valence-corrected chi connectivity index (χ3v) is 2.66. The van der Waals surface area contributed by atoms with Gasteiger partial charge < -0.3 is 0 Å². The Morgan fingerprint density at radius 3 is 2.35 bits per heavy atom. The normalized spacial score (nSPS) is 18.5. The topological polar surface area (TPSA) is 40.6 Å². The van der Waals surface area contributed by atoms with Crippen LogP contribution < -0.4 is 0 Å². The van der Waals surface area contributed by atoms with Crippen molar-refractivity contribution in [1.82, 2.24) is 10.0 Å². The van der Waals surface area contributed by atoms with Crippen LogP contribution in [0.25, 0.3) is 6.08 Å². The van der Waals surface area contributed by atoms with Crippen molar-refractivity contribution in [2.24, 2.45) is 0 Å². The molecule has 1 aromatic carbocycles. The molecule has 0 atom stereocenters. The van der Waals surface area contributed by atoms with Gasteiger partial charge in [-0.25, -0.2) is 5.01 Å². The molecular formula is C13H14N2O2. The van der Waals surface area contributed by atoms with E-state index < -0.39 is 11.7 Å². The van der Waals surface area contributed by atoms with Gasteiger partial charge in [0.05, 0.1) is 6.54 Å². The van der Waals surface area contributed by atoms with E-state index in [-0.39, 0.29) is 0 Å². The Hall–Kier alpha value is -1.94. The molecule has 1 fully saturated rings. The van der Waals surface area contributed by atoms with Crippen LogP contribution in [0.2, 0.25) is 0 Å². The van der Waals surface area contributed by atoms with Gasteiger partial charge in [0.25, 0.3) is 0 Å². The molecule has 1 heterocycles. The summed E-state index contributed by atoms with van der Waals surface area (Å²) in [6.07, 6.45) is 1.77. The maximum absolute atomic E-state index is 11.7. The Kier molecular flexibility index (Phi) is 3.06. The van der Waals surface area contributed by atoms with Crippen molar-refractivity contribution in [3.8, 4) is 0 Å². The van der Waals surface area contributed by atoms with Crippen molar-refractivity contribution in [3.63, 3.8) is 0 Å². The van der Waals surface area contributed by atoms with Gasteiger partial charge in [0.2, 0.25) is 5.78 Å². The van der Waals surface area contributed by atoms with E-state index in [2.05, 4.69) is 0 Å². The van der Waals surface area contributed by atoms with E-state index in [1.54, 1.807) is 25.2 Å². The van der Waals surface area contributed by atoms with E-state index in [0.29, 0.717) is 12.1 Å². The van der Waals surface area contributed by atoms with E-state index >= 15 is 0 Å². The van der Waals surface area contributed by atoms with Gasteiger partial charge in [-0.2, -0.15) is 0 Å². The van der Waals surface area contributed by atoms with Gasteiger partial charge in [-0.05, 0) is 11.6 Å². The first kappa shape index (κ1) is 11.5. The maximum Gasteiger partial charge on any atom is 0.309 e. The molecule has 0 radical (unpaired) electrons. The first-order valence-electron chi connectivity index (χ1n) is 5.38. The molecule has 1 aliphatic heterocycles. The molecule has 1 aromatic rings. The van der Waals surface area contributed by atoms with Crippen molar-refractivity contribution in [2.75, 3.05) is 20.6 Å². The molecule has 17 heavy (non-hydrogen) atoms. The summed E-state index contributed by atoms with van der Waals surface area (Å²) in [6.45, 7) is 0.347. The minimum atomic E-state index is -0.461. The van der Waals surface area contributed by atoms with Crippen molar-refractivity contribution >= 4 is 17.8 Å². The van der Waals surface area contributed by atoms with Crippen molar-refractivity contribution in [1.29, 1.82) is 0 Å². The number of benzene rings is 1. The van der Waals surface area contributed by atoms with Crippen LogP contribution in [-0.4, -0.2) is 42.3 Å². The zero-order chi connectivity index (χ0) is 12.4. The van der Waals surface area contributed by atoms with Crippen molar-refractivity contribution in [2.45, 2.75) is 0 Å². The van der Waals surface area contributed by atoms with Crippen LogP contribution in [0.5, 0.6) is 0 Å². The predicted octanol–water partition coefficient (Wildman–Crippen LogP) is 0.958. The van der Waals surface area contributed by atoms with Crippen LogP contribution >= 0.6 is 0 Å². The molecule has 2 rings (SSSR count). The molecule has 1 amide bonds. The second kappa shape index (κ2) is 4.51. The lowest BCUT2D eigenvalue weighted by Gasteiger charge is -2.21. The lowest BCUT2D eigenvalue weighted by atomic mass is 10.1. The number of hydrogen-bond donors (Lipinski definition) is 0. The van der Waals surface area contributed by atoms with Crippen LogP contribution in [0.1, 0.15) is 5.56 Å². The fourth-order valence-corrected chi connectivity index (χ4v) is 1.74. The summed E-state index contributed by atoms with van der Waals surface area (Å²) in [5.41, 5.74) is 1.47. The number of ketones is 1. The minimum Gasteiger partial charge on any atom is -0.283 e. The van der Waals surface area contributed by atoms with E-state index in [1.165, 1.54) is 5.01 Å². The van der Waals surface area contributed by atoms with Crippen LogP contribution in [0.4, 0.5) is 0 Å². The Balaban J connectivity index is 2.27. The van der Waals surface area contributed by atoms with Gasteiger partial charge in [0, 0.05) is 19.7 Å². The molecular weight excluding hydrogens is 216 g/mol. The summed E-state index contributed by atoms with van der Waals surface area (Å²) < 4.78 is 0. The Bertz CT molecular complexity index is 477. The highest BCUT2D eigenvalue weighted by atomic mass is 16.2. The SMILES string of the molecule is CN(C)N1C/C(=C\c2ccccc2)C(=O)C1=O. The second-order valence-electron chi connectivity index (χ2n) is 4.12. The zero-order valence-electron chi connectivity index (χ0n) is 9.88. The number of Topliss-reactive ketones (excluding diaryl/α,β-unsaturated/α-hetero) is 1. The number of carbonyl (C=O) groups is 2. The monoisotopic (exact) mass is 230 g/mol. The lowest BCUT2D eigenvalue weighted by molar-refractivity contribution is -0.147. The van der Waals surface area contributed by atoms with Gasteiger partial charge in [-0.3, -0.25) is 14.6 Å². The fourth-order valence-electron chi connectivity index (χ4n) is 1.74. The van der Waals surface area contributed by atoms with Gasteiger partial charge in [-0.1, -0.05) is 30.3 Å². The number of carbonyl (C=O) groups excluding carboxylic acids is 2. The molecule has 0 unspecified atom stereocenters.